The molecule has 2 fully saturated rings. The van der Waals surface area contributed by atoms with E-state index in [9.17, 15) is 4.79 Å². The van der Waals surface area contributed by atoms with Crippen LogP contribution in [0.2, 0.25) is 0 Å². The summed E-state index contributed by atoms with van der Waals surface area (Å²) in [7, 11) is 0. The Morgan fingerprint density at radius 2 is 2.09 bits per heavy atom. The van der Waals surface area contributed by atoms with Crippen molar-refractivity contribution in [2.24, 2.45) is 17.6 Å². The molecule has 23 heavy (non-hydrogen) atoms. The molecule has 3 atom stereocenters. The lowest BCUT2D eigenvalue weighted by molar-refractivity contribution is 0.298. The molecular weight excluding hydrogens is 312 g/mol. The lowest BCUT2D eigenvalue weighted by atomic mass is 9.98. The maximum Gasteiger partial charge on any atom is 0.336 e. The molecule has 2 aromatic rings. The van der Waals surface area contributed by atoms with Crippen molar-refractivity contribution < 1.29 is 4.42 Å². The lowest BCUT2D eigenvalue weighted by Gasteiger charge is -2.19. The average molecular weight is 335 g/mol. The summed E-state index contributed by atoms with van der Waals surface area (Å²) in [5.41, 5.74) is 8.82. The minimum atomic E-state index is -0.260. The number of aryl methyl sites for hydroxylation is 1. The number of hydrogen-bond donors (Lipinski definition) is 1. The average Bonchev–Trinajstić information content (AvgIpc) is 3.00. The number of nitrogens with zero attached hydrogens (tertiary/aromatic N) is 1. The third-order valence-electron chi connectivity index (χ3n) is 5.37. The van der Waals surface area contributed by atoms with E-state index in [4.69, 9.17) is 10.2 Å². The molecule has 1 aromatic carbocycles. The van der Waals surface area contributed by atoms with Crippen molar-refractivity contribution in [3.63, 3.8) is 0 Å². The number of fused-ring (bicyclic) bond motifs is 2. The monoisotopic (exact) mass is 334 g/mol. The molecule has 4 nitrogen and oxygen atoms in total. The highest BCUT2D eigenvalue weighted by Crippen LogP contribution is 2.37. The van der Waals surface area contributed by atoms with Gasteiger partial charge in [0.2, 0.25) is 0 Å². The number of benzene rings is 1. The molecule has 1 aliphatic heterocycles. The Morgan fingerprint density at radius 1 is 1.26 bits per heavy atom. The summed E-state index contributed by atoms with van der Waals surface area (Å²) in [6, 6.07) is 8.07. The zero-order valence-electron chi connectivity index (χ0n) is 13.3. The lowest BCUT2D eigenvalue weighted by Crippen LogP contribution is -2.30. The van der Waals surface area contributed by atoms with Gasteiger partial charge in [-0.15, -0.1) is 12.4 Å². The molecule has 0 bridgehead atoms. The summed E-state index contributed by atoms with van der Waals surface area (Å²) in [6.45, 7) is 4.98. The van der Waals surface area contributed by atoms with Crippen LogP contribution in [0.15, 0.2) is 33.5 Å². The van der Waals surface area contributed by atoms with Crippen LogP contribution in [0.1, 0.15) is 24.0 Å². The minimum Gasteiger partial charge on any atom is -0.423 e. The predicted octanol–water partition coefficient (Wildman–Crippen LogP) is 2.69. The van der Waals surface area contributed by atoms with E-state index in [-0.39, 0.29) is 18.0 Å². The number of rotatable bonds is 2. The number of halogens is 1. The van der Waals surface area contributed by atoms with Gasteiger partial charge in [0.15, 0.2) is 0 Å². The predicted molar refractivity (Wildman–Crippen MR) is 93.9 cm³/mol. The van der Waals surface area contributed by atoms with Crippen molar-refractivity contribution in [3.8, 4) is 0 Å². The molecule has 5 heteroatoms. The fourth-order valence-corrected chi connectivity index (χ4v) is 4.24. The van der Waals surface area contributed by atoms with Crippen molar-refractivity contribution in [3.05, 3.63) is 45.8 Å². The quantitative estimate of drug-likeness (QED) is 0.858. The van der Waals surface area contributed by atoms with Crippen LogP contribution in [0.25, 0.3) is 11.0 Å². The molecule has 4 rings (SSSR count). The van der Waals surface area contributed by atoms with E-state index in [2.05, 4.69) is 17.0 Å². The number of hydrogen-bond acceptors (Lipinski definition) is 4. The van der Waals surface area contributed by atoms with E-state index in [0.717, 1.165) is 42.1 Å². The van der Waals surface area contributed by atoms with Crippen molar-refractivity contribution in [1.29, 1.82) is 0 Å². The van der Waals surface area contributed by atoms with Gasteiger partial charge in [0.25, 0.3) is 0 Å². The van der Waals surface area contributed by atoms with E-state index in [1.807, 2.05) is 13.0 Å². The standard InChI is InChI=1S/C18H22N2O2.ClH/c1-11-2-4-14-13(7-18(21)22-17(14)6-11)9-20-8-12-3-5-16(19)15(12)10-20;/h2,4,6-7,12,15-16H,3,5,8-10,19H2,1H3;1H. The van der Waals surface area contributed by atoms with Gasteiger partial charge in [0.1, 0.15) is 5.58 Å². The van der Waals surface area contributed by atoms with E-state index >= 15 is 0 Å². The van der Waals surface area contributed by atoms with E-state index < -0.39 is 0 Å². The van der Waals surface area contributed by atoms with Crippen molar-refractivity contribution in [2.75, 3.05) is 13.1 Å². The fraction of sp³-hybridized carbons (Fsp3) is 0.500. The highest BCUT2D eigenvalue weighted by molar-refractivity contribution is 5.85. The van der Waals surface area contributed by atoms with Crippen LogP contribution in [0, 0.1) is 18.8 Å². The zero-order valence-corrected chi connectivity index (χ0v) is 14.1. The van der Waals surface area contributed by atoms with E-state index in [1.54, 1.807) is 6.07 Å². The second kappa shape index (κ2) is 6.27. The van der Waals surface area contributed by atoms with Crippen molar-refractivity contribution >= 4 is 23.4 Å². The van der Waals surface area contributed by atoms with Gasteiger partial charge in [-0.05, 0) is 48.8 Å². The largest absolute Gasteiger partial charge is 0.423 e. The molecule has 2 N–H and O–H groups in total. The smallest absolute Gasteiger partial charge is 0.336 e. The van der Waals surface area contributed by atoms with Gasteiger partial charge in [-0.25, -0.2) is 4.79 Å². The summed E-state index contributed by atoms with van der Waals surface area (Å²) >= 11 is 0. The minimum absolute atomic E-state index is 0. The first kappa shape index (κ1) is 16.5. The molecule has 0 spiro atoms. The number of likely N-dealkylation sites (tertiary alicyclic amines) is 1. The van der Waals surface area contributed by atoms with Gasteiger partial charge in [0, 0.05) is 37.1 Å². The molecule has 1 saturated heterocycles. The summed E-state index contributed by atoms with van der Waals surface area (Å²) in [6.07, 6.45) is 2.42. The van der Waals surface area contributed by atoms with Crippen LogP contribution in [-0.2, 0) is 6.54 Å². The molecule has 0 amide bonds. The van der Waals surface area contributed by atoms with Crippen LogP contribution < -0.4 is 11.4 Å². The molecule has 0 radical (unpaired) electrons. The van der Waals surface area contributed by atoms with Gasteiger partial charge >= 0.3 is 5.63 Å². The van der Waals surface area contributed by atoms with Gasteiger partial charge in [-0.1, -0.05) is 12.1 Å². The highest BCUT2D eigenvalue weighted by atomic mass is 35.5. The van der Waals surface area contributed by atoms with Gasteiger partial charge in [-0.3, -0.25) is 4.90 Å². The third kappa shape index (κ3) is 3.03. The van der Waals surface area contributed by atoms with E-state index in [0.29, 0.717) is 17.5 Å². The van der Waals surface area contributed by atoms with Gasteiger partial charge in [0.05, 0.1) is 0 Å². The summed E-state index contributed by atoms with van der Waals surface area (Å²) in [4.78, 5) is 14.3. The second-order valence-corrected chi connectivity index (χ2v) is 6.95. The molecule has 1 aromatic heterocycles. The maximum absolute atomic E-state index is 11.8. The van der Waals surface area contributed by atoms with Crippen LogP contribution in [0.3, 0.4) is 0 Å². The SMILES string of the molecule is Cc1ccc2c(CN3CC4CCC(N)C4C3)cc(=O)oc2c1.Cl. The summed E-state index contributed by atoms with van der Waals surface area (Å²) in [5.74, 6) is 1.37. The third-order valence-corrected chi connectivity index (χ3v) is 5.37. The summed E-state index contributed by atoms with van der Waals surface area (Å²) in [5, 5.41) is 1.05. The molecule has 1 saturated carbocycles. The first-order valence-electron chi connectivity index (χ1n) is 8.11. The Balaban J connectivity index is 0.00000156. The topological polar surface area (TPSA) is 59.5 Å². The molecule has 2 heterocycles. The molecular formula is C18H23ClN2O2. The maximum atomic E-state index is 11.8. The van der Waals surface area contributed by atoms with Gasteiger partial charge < -0.3 is 10.2 Å². The van der Waals surface area contributed by atoms with Crippen LogP contribution in [0.5, 0.6) is 0 Å². The Hall–Kier alpha value is -1.36. The second-order valence-electron chi connectivity index (χ2n) is 6.95. The van der Waals surface area contributed by atoms with E-state index in [1.165, 1.54) is 12.8 Å². The Kier molecular flexibility index (Phi) is 4.50. The van der Waals surface area contributed by atoms with Gasteiger partial charge in [-0.2, -0.15) is 0 Å². The Labute approximate surface area is 142 Å². The first-order chi connectivity index (χ1) is 10.6. The summed E-state index contributed by atoms with van der Waals surface area (Å²) < 4.78 is 5.35. The van der Waals surface area contributed by atoms with Crippen LogP contribution >= 0.6 is 12.4 Å². The van der Waals surface area contributed by atoms with Crippen LogP contribution in [0.4, 0.5) is 0 Å². The van der Waals surface area contributed by atoms with Crippen molar-refractivity contribution in [2.45, 2.75) is 32.4 Å². The Bertz CT molecular complexity index is 773. The molecule has 2 aliphatic rings. The first-order valence-corrected chi connectivity index (χ1v) is 8.11. The fourth-order valence-electron chi connectivity index (χ4n) is 4.24. The zero-order chi connectivity index (χ0) is 15.3. The van der Waals surface area contributed by atoms with Crippen molar-refractivity contribution in [1.82, 2.24) is 4.90 Å². The Morgan fingerprint density at radius 3 is 2.87 bits per heavy atom. The molecule has 3 unspecified atom stereocenters. The molecule has 124 valence electrons. The normalized spacial score (nSPS) is 27.1. The van der Waals surface area contributed by atoms with Crippen LogP contribution in [-0.4, -0.2) is 24.0 Å². The number of nitrogens with two attached hydrogens (primary N) is 1. The molecule has 1 aliphatic carbocycles. The highest BCUT2D eigenvalue weighted by Gasteiger charge is 2.40.